The summed E-state index contributed by atoms with van der Waals surface area (Å²) in [7, 11) is 0. The van der Waals surface area contributed by atoms with Crippen LogP contribution in [-0.2, 0) is 0 Å². The number of hydrogen-bond acceptors (Lipinski definition) is 3. The Bertz CT molecular complexity index is 422. The second kappa shape index (κ2) is 3.84. The molecule has 1 aliphatic heterocycles. The number of benzene rings is 1. The third kappa shape index (κ3) is 1.90. The molecule has 0 aliphatic carbocycles. The first-order valence-electron chi connectivity index (χ1n) is 4.33. The van der Waals surface area contributed by atoms with E-state index >= 15 is 0 Å². The summed E-state index contributed by atoms with van der Waals surface area (Å²) in [6, 6.07) is 6.77. The number of nitrogens with one attached hydrogen (secondary N) is 3. The zero-order valence-electron chi connectivity index (χ0n) is 7.65. The van der Waals surface area contributed by atoms with Crippen LogP contribution in [0.25, 0.3) is 0 Å². The lowest BCUT2D eigenvalue weighted by molar-refractivity contribution is 0.0694. The summed E-state index contributed by atoms with van der Waals surface area (Å²) in [6.45, 7) is 0. The maximum Gasteiger partial charge on any atom is 0.336 e. The Hall–Kier alpha value is -1.66. The predicted octanol–water partition coefficient (Wildman–Crippen LogP) is 0.366. The van der Waals surface area contributed by atoms with E-state index in [4.69, 9.17) is 17.3 Å². The Morgan fingerprint density at radius 2 is 2.13 bits per heavy atom. The third-order valence-electron chi connectivity index (χ3n) is 2.11. The van der Waals surface area contributed by atoms with E-state index in [2.05, 4.69) is 16.2 Å². The highest BCUT2D eigenvalue weighted by Gasteiger charge is 2.22. The summed E-state index contributed by atoms with van der Waals surface area (Å²) >= 11 is 4.87. The molecule has 1 saturated heterocycles. The number of carboxylic acids is 1. The van der Waals surface area contributed by atoms with Crippen LogP contribution in [0.1, 0.15) is 22.1 Å². The normalized spacial score (nSPS) is 19.5. The fourth-order valence-electron chi connectivity index (χ4n) is 1.44. The molecule has 1 aliphatic rings. The average Bonchev–Trinajstić information content (AvgIpc) is 2.65. The van der Waals surface area contributed by atoms with Gasteiger partial charge in [-0.1, -0.05) is 18.2 Å². The van der Waals surface area contributed by atoms with Gasteiger partial charge in [0.1, 0.15) is 6.17 Å². The zero-order valence-corrected chi connectivity index (χ0v) is 8.47. The quantitative estimate of drug-likeness (QED) is 0.543. The van der Waals surface area contributed by atoms with Gasteiger partial charge in [0, 0.05) is 5.56 Å². The van der Waals surface area contributed by atoms with Gasteiger partial charge in [-0.15, -0.1) is 0 Å². The predicted molar refractivity (Wildman–Crippen MR) is 58.1 cm³/mol. The van der Waals surface area contributed by atoms with E-state index in [1.807, 2.05) is 0 Å². The topological polar surface area (TPSA) is 73.4 Å². The second-order valence-corrected chi connectivity index (χ2v) is 3.48. The highest BCUT2D eigenvalue weighted by molar-refractivity contribution is 7.80. The summed E-state index contributed by atoms with van der Waals surface area (Å²) in [5.41, 5.74) is 6.47. The first-order valence-corrected chi connectivity index (χ1v) is 4.73. The minimum absolute atomic E-state index is 0.258. The number of rotatable bonds is 2. The van der Waals surface area contributed by atoms with Gasteiger partial charge in [-0.25, -0.2) is 10.2 Å². The minimum Gasteiger partial charge on any atom is -0.478 e. The van der Waals surface area contributed by atoms with Crippen molar-refractivity contribution in [3.63, 3.8) is 0 Å². The van der Waals surface area contributed by atoms with Gasteiger partial charge in [-0.3, -0.25) is 5.43 Å². The number of carboxylic acid groups (broad SMARTS) is 1. The summed E-state index contributed by atoms with van der Waals surface area (Å²) in [5.74, 6) is -0.952. The third-order valence-corrected chi connectivity index (χ3v) is 2.33. The Balaban J connectivity index is 2.35. The molecule has 4 N–H and O–H groups in total. The molecular weight excluding hydrogens is 214 g/mol. The molecule has 1 aromatic rings. The summed E-state index contributed by atoms with van der Waals surface area (Å²) in [5, 5.41) is 12.4. The average molecular weight is 223 g/mol. The van der Waals surface area contributed by atoms with Crippen molar-refractivity contribution in [2.75, 3.05) is 0 Å². The Morgan fingerprint density at radius 1 is 1.40 bits per heavy atom. The first-order chi connectivity index (χ1) is 7.18. The van der Waals surface area contributed by atoms with E-state index in [9.17, 15) is 4.79 Å². The summed E-state index contributed by atoms with van der Waals surface area (Å²) in [6.07, 6.45) is -0.301. The van der Waals surface area contributed by atoms with Gasteiger partial charge >= 0.3 is 5.97 Å². The number of thiocarbonyl (C=S) groups is 1. The molecule has 15 heavy (non-hydrogen) atoms. The van der Waals surface area contributed by atoms with Crippen LogP contribution in [0.5, 0.6) is 0 Å². The van der Waals surface area contributed by atoms with Crippen LogP contribution >= 0.6 is 12.2 Å². The van der Waals surface area contributed by atoms with E-state index in [-0.39, 0.29) is 11.7 Å². The van der Waals surface area contributed by atoms with Crippen molar-refractivity contribution in [2.24, 2.45) is 0 Å². The fourth-order valence-corrected chi connectivity index (χ4v) is 1.62. The first kappa shape index (κ1) is 9.88. The van der Waals surface area contributed by atoms with E-state index in [0.29, 0.717) is 10.7 Å². The molecule has 1 fully saturated rings. The summed E-state index contributed by atoms with van der Waals surface area (Å²) < 4.78 is 0. The number of aromatic carboxylic acids is 1. The molecule has 1 heterocycles. The molecule has 0 spiro atoms. The van der Waals surface area contributed by atoms with Crippen molar-refractivity contribution in [3.05, 3.63) is 35.4 Å². The summed E-state index contributed by atoms with van der Waals surface area (Å²) in [4.78, 5) is 11.0. The van der Waals surface area contributed by atoms with Crippen molar-refractivity contribution in [1.82, 2.24) is 16.2 Å². The lowest BCUT2D eigenvalue weighted by Gasteiger charge is -2.12. The van der Waals surface area contributed by atoms with Gasteiger partial charge in [-0.05, 0) is 18.3 Å². The van der Waals surface area contributed by atoms with Crippen LogP contribution in [-0.4, -0.2) is 16.2 Å². The lowest BCUT2D eigenvalue weighted by atomic mass is 10.1. The van der Waals surface area contributed by atoms with Crippen LogP contribution in [0.2, 0.25) is 0 Å². The van der Waals surface area contributed by atoms with E-state index in [0.717, 1.165) is 0 Å². The standard InChI is InChI=1S/C9H9N3O2S/c13-8(14)6-4-2-1-3-5(6)7-10-9(15)12-11-7/h1-4,7,11H,(H,13,14)(H2,10,12,15). The minimum atomic E-state index is -0.952. The SMILES string of the molecule is O=C(O)c1ccccc1C1NNC(=S)N1. The van der Waals surface area contributed by atoms with Crippen LogP contribution in [0.4, 0.5) is 0 Å². The molecule has 5 nitrogen and oxygen atoms in total. The molecule has 0 saturated carbocycles. The number of hydrogen-bond donors (Lipinski definition) is 4. The second-order valence-electron chi connectivity index (χ2n) is 3.07. The van der Waals surface area contributed by atoms with Crippen LogP contribution < -0.4 is 16.2 Å². The Labute approximate surface area is 91.5 Å². The maximum atomic E-state index is 11.0. The van der Waals surface area contributed by atoms with Crippen molar-refractivity contribution in [3.8, 4) is 0 Å². The van der Waals surface area contributed by atoms with Gasteiger partial charge in [-0.2, -0.15) is 0 Å². The number of carbonyl (C=O) groups is 1. The molecule has 78 valence electrons. The van der Waals surface area contributed by atoms with E-state index in [1.165, 1.54) is 0 Å². The molecule has 6 heteroatoms. The van der Waals surface area contributed by atoms with E-state index in [1.54, 1.807) is 24.3 Å². The monoisotopic (exact) mass is 223 g/mol. The van der Waals surface area contributed by atoms with Crippen LogP contribution in [0.15, 0.2) is 24.3 Å². The molecule has 0 radical (unpaired) electrons. The highest BCUT2D eigenvalue weighted by Crippen LogP contribution is 2.17. The molecular formula is C9H9N3O2S. The smallest absolute Gasteiger partial charge is 0.336 e. The van der Waals surface area contributed by atoms with Crippen LogP contribution in [0.3, 0.4) is 0 Å². The molecule has 1 unspecified atom stereocenters. The van der Waals surface area contributed by atoms with Gasteiger partial charge in [0.15, 0.2) is 5.11 Å². The van der Waals surface area contributed by atoms with Gasteiger partial charge < -0.3 is 10.4 Å². The largest absolute Gasteiger partial charge is 0.478 e. The Kier molecular flexibility index (Phi) is 2.53. The van der Waals surface area contributed by atoms with E-state index < -0.39 is 5.97 Å². The molecule has 0 bridgehead atoms. The molecule has 0 amide bonds. The van der Waals surface area contributed by atoms with Gasteiger partial charge in [0.25, 0.3) is 0 Å². The molecule has 1 aromatic carbocycles. The Morgan fingerprint density at radius 3 is 2.73 bits per heavy atom. The number of hydrazine groups is 1. The van der Waals surface area contributed by atoms with Crippen molar-refractivity contribution < 1.29 is 9.90 Å². The molecule has 2 rings (SSSR count). The highest BCUT2D eigenvalue weighted by atomic mass is 32.1. The van der Waals surface area contributed by atoms with Gasteiger partial charge in [0.2, 0.25) is 0 Å². The van der Waals surface area contributed by atoms with Gasteiger partial charge in [0.05, 0.1) is 5.56 Å². The zero-order chi connectivity index (χ0) is 10.8. The fraction of sp³-hybridized carbons (Fsp3) is 0.111. The van der Waals surface area contributed by atoms with Crippen molar-refractivity contribution in [1.29, 1.82) is 0 Å². The van der Waals surface area contributed by atoms with Crippen molar-refractivity contribution in [2.45, 2.75) is 6.17 Å². The lowest BCUT2D eigenvalue weighted by Crippen LogP contribution is -2.27. The maximum absolute atomic E-state index is 11.0. The molecule has 0 aromatic heterocycles. The van der Waals surface area contributed by atoms with Crippen molar-refractivity contribution >= 4 is 23.3 Å². The molecule has 1 atom stereocenters. The van der Waals surface area contributed by atoms with Crippen LogP contribution in [0, 0.1) is 0 Å².